The van der Waals surface area contributed by atoms with E-state index < -0.39 is 11.2 Å². The van der Waals surface area contributed by atoms with E-state index in [2.05, 4.69) is 0 Å². The van der Waals surface area contributed by atoms with E-state index in [1.54, 1.807) is 27.7 Å². The second kappa shape index (κ2) is 8.76. The lowest BCUT2D eigenvalue weighted by Gasteiger charge is -2.31. The van der Waals surface area contributed by atoms with Gasteiger partial charge in [0.25, 0.3) is 0 Å². The molecule has 0 amide bonds. The minimum atomic E-state index is -1.01. The Morgan fingerprint density at radius 3 is 1.00 bits per heavy atom. The number of aliphatic hydroxyl groups is 2. The molecular formula is C12H22BO6. The van der Waals surface area contributed by atoms with E-state index in [0.717, 1.165) is 0 Å². The van der Waals surface area contributed by atoms with Gasteiger partial charge >= 0.3 is 7.69 Å². The fourth-order valence-corrected chi connectivity index (χ4v) is 0.453. The first kappa shape index (κ1) is 20.1. The normalized spacial score (nSPS) is 10.5. The minimum absolute atomic E-state index is 0. The number of hydrogen-bond acceptors (Lipinski definition) is 6. The number of phenolic OH excluding ortho intramolecular Hbond substituents is 2. The molecular weight excluding hydrogens is 251 g/mol. The molecule has 0 spiro atoms. The van der Waals surface area contributed by atoms with Crippen molar-refractivity contribution in [1.29, 1.82) is 0 Å². The van der Waals surface area contributed by atoms with Crippen molar-refractivity contribution >= 4 is 7.69 Å². The summed E-state index contributed by atoms with van der Waals surface area (Å²) in [6, 6.07) is 5.70. The standard InChI is InChI=1S/C6H6O2.C6H14O2.BH2O2/c7-5-1-2-6(8)4-3-5;1-5(2,7)6(3,4)8;2-1-3/h1-4,7-8H;7-8H,1-4H3;2-3H. The molecule has 19 heavy (non-hydrogen) atoms. The Morgan fingerprint density at radius 2 is 0.895 bits per heavy atom. The van der Waals surface area contributed by atoms with Crippen LogP contribution in [0.2, 0.25) is 0 Å². The third-order valence-electron chi connectivity index (χ3n) is 2.35. The highest BCUT2D eigenvalue weighted by atomic mass is 16.4. The average molecular weight is 273 g/mol. The van der Waals surface area contributed by atoms with Crippen molar-refractivity contribution in [2.75, 3.05) is 0 Å². The van der Waals surface area contributed by atoms with Gasteiger partial charge in [-0.15, -0.1) is 0 Å². The minimum Gasteiger partial charge on any atom is -0.508 e. The zero-order chi connectivity index (χ0) is 15.7. The second-order valence-electron chi connectivity index (χ2n) is 4.75. The van der Waals surface area contributed by atoms with Crippen LogP contribution in [0, 0.1) is 0 Å². The lowest BCUT2D eigenvalue weighted by atomic mass is 9.90. The summed E-state index contributed by atoms with van der Waals surface area (Å²) >= 11 is 0. The first-order chi connectivity index (χ1) is 8.45. The molecule has 0 fully saturated rings. The van der Waals surface area contributed by atoms with Gasteiger partial charge in [-0.25, -0.2) is 0 Å². The van der Waals surface area contributed by atoms with Crippen LogP contribution in [0.4, 0.5) is 0 Å². The van der Waals surface area contributed by atoms with E-state index in [4.69, 9.17) is 30.5 Å². The summed E-state index contributed by atoms with van der Waals surface area (Å²) in [5.74, 6) is 0.339. The second-order valence-corrected chi connectivity index (χ2v) is 4.75. The van der Waals surface area contributed by atoms with Crippen LogP contribution in [0.3, 0.4) is 0 Å². The topological polar surface area (TPSA) is 121 Å². The van der Waals surface area contributed by atoms with Gasteiger partial charge in [-0.2, -0.15) is 0 Å². The maximum atomic E-state index is 9.10. The van der Waals surface area contributed by atoms with Crippen LogP contribution in [0.15, 0.2) is 24.3 Å². The van der Waals surface area contributed by atoms with Crippen molar-refractivity contribution < 1.29 is 30.5 Å². The third-order valence-corrected chi connectivity index (χ3v) is 2.35. The van der Waals surface area contributed by atoms with Gasteiger partial charge in [0.2, 0.25) is 0 Å². The van der Waals surface area contributed by atoms with Crippen LogP contribution >= 0.6 is 0 Å². The van der Waals surface area contributed by atoms with Crippen LogP contribution in [-0.4, -0.2) is 49.4 Å². The molecule has 0 aliphatic carbocycles. The van der Waals surface area contributed by atoms with Gasteiger partial charge in [-0.1, -0.05) is 0 Å². The predicted molar refractivity (Wildman–Crippen MR) is 72.6 cm³/mol. The molecule has 0 saturated carbocycles. The van der Waals surface area contributed by atoms with Crippen molar-refractivity contribution in [3.63, 3.8) is 0 Å². The Hall–Kier alpha value is -1.28. The zero-order valence-corrected chi connectivity index (χ0v) is 11.6. The number of phenols is 2. The number of aromatic hydroxyl groups is 2. The predicted octanol–water partition coefficient (Wildman–Crippen LogP) is 0.131. The van der Waals surface area contributed by atoms with Crippen molar-refractivity contribution in [2.24, 2.45) is 0 Å². The van der Waals surface area contributed by atoms with Gasteiger partial charge in [0.15, 0.2) is 0 Å². The maximum absolute atomic E-state index is 9.10. The third kappa shape index (κ3) is 11.5. The largest absolute Gasteiger partial charge is 0.508 e. The Kier molecular flexibility index (Phi) is 9.25. The molecule has 1 aromatic rings. The Morgan fingerprint density at radius 1 is 0.737 bits per heavy atom. The summed E-state index contributed by atoms with van der Waals surface area (Å²) in [4.78, 5) is 0. The number of benzene rings is 1. The highest BCUT2D eigenvalue weighted by Gasteiger charge is 2.31. The molecule has 6 nitrogen and oxygen atoms in total. The van der Waals surface area contributed by atoms with Crippen LogP contribution in [0.1, 0.15) is 27.7 Å². The summed E-state index contributed by atoms with van der Waals surface area (Å²) < 4.78 is 0. The molecule has 1 aromatic carbocycles. The van der Waals surface area contributed by atoms with Gasteiger partial charge in [-0.05, 0) is 52.0 Å². The molecule has 0 heterocycles. The van der Waals surface area contributed by atoms with E-state index in [9.17, 15) is 0 Å². The number of rotatable bonds is 1. The Balaban J connectivity index is 0. The smallest absolute Gasteiger partial charge is 0.482 e. The van der Waals surface area contributed by atoms with Gasteiger partial charge in [0.1, 0.15) is 11.5 Å². The summed E-state index contributed by atoms with van der Waals surface area (Å²) in [6.45, 7) is 6.31. The summed E-state index contributed by atoms with van der Waals surface area (Å²) in [5.41, 5.74) is -2.01. The molecule has 0 bridgehead atoms. The van der Waals surface area contributed by atoms with E-state index in [-0.39, 0.29) is 19.2 Å². The van der Waals surface area contributed by atoms with E-state index in [0.29, 0.717) is 0 Å². The lowest BCUT2D eigenvalue weighted by molar-refractivity contribution is -0.107. The molecule has 0 atom stereocenters. The summed E-state index contributed by atoms with van der Waals surface area (Å²) in [7, 11) is 0. The molecule has 1 rings (SSSR count). The number of hydrogen-bond donors (Lipinski definition) is 6. The van der Waals surface area contributed by atoms with Gasteiger partial charge in [0, 0.05) is 0 Å². The first-order valence-corrected chi connectivity index (χ1v) is 5.48. The highest BCUT2D eigenvalue weighted by molar-refractivity contribution is 6.13. The zero-order valence-electron chi connectivity index (χ0n) is 11.6. The fourth-order valence-electron chi connectivity index (χ4n) is 0.453. The van der Waals surface area contributed by atoms with E-state index in [1.807, 2.05) is 0 Å². The maximum Gasteiger partial charge on any atom is 0.482 e. The van der Waals surface area contributed by atoms with Crippen LogP contribution < -0.4 is 0 Å². The molecule has 109 valence electrons. The monoisotopic (exact) mass is 273 g/mol. The van der Waals surface area contributed by atoms with Crippen molar-refractivity contribution in [3.05, 3.63) is 24.3 Å². The van der Waals surface area contributed by atoms with Crippen molar-refractivity contribution in [2.45, 2.75) is 38.9 Å². The first-order valence-electron chi connectivity index (χ1n) is 5.48. The molecule has 0 saturated heterocycles. The average Bonchev–Trinajstić information content (AvgIpc) is 2.21. The van der Waals surface area contributed by atoms with Gasteiger partial charge in [0.05, 0.1) is 11.2 Å². The quantitative estimate of drug-likeness (QED) is 0.319. The molecule has 0 aromatic heterocycles. The lowest BCUT2D eigenvalue weighted by Crippen LogP contribution is -2.44. The highest BCUT2D eigenvalue weighted by Crippen LogP contribution is 2.19. The summed E-state index contributed by atoms with van der Waals surface area (Å²) in [6.07, 6.45) is 0. The molecule has 7 heteroatoms. The molecule has 0 aliphatic heterocycles. The van der Waals surface area contributed by atoms with Crippen molar-refractivity contribution in [3.8, 4) is 11.5 Å². The molecule has 6 N–H and O–H groups in total. The van der Waals surface area contributed by atoms with Gasteiger partial charge in [-0.3, -0.25) is 0 Å². The fraction of sp³-hybridized carbons (Fsp3) is 0.500. The van der Waals surface area contributed by atoms with E-state index >= 15 is 0 Å². The van der Waals surface area contributed by atoms with Crippen LogP contribution in [0.25, 0.3) is 0 Å². The molecule has 1 radical (unpaired) electrons. The summed E-state index contributed by atoms with van der Waals surface area (Å²) in [5, 5.41) is 49.5. The Bertz CT molecular complexity index is 293. The van der Waals surface area contributed by atoms with Gasteiger partial charge < -0.3 is 30.5 Å². The molecule has 0 unspecified atom stereocenters. The van der Waals surface area contributed by atoms with Crippen LogP contribution in [-0.2, 0) is 0 Å². The van der Waals surface area contributed by atoms with E-state index in [1.165, 1.54) is 24.3 Å². The molecule has 0 aliphatic rings. The van der Waals surface area contributed by atoms with Crippen molar-refractivity contribution in [1.82, 2.24) is 0 Å². The Labute approximate surface area is 113 Å². The van der Waals surface area contributed by atoms with Crippen LogP contribution in [0.5, 0.6) is 11.5 Å². The SMILES string of the molecule is CC(C)(O)C(C)(C)O.O[B]O.Oc1ccc(O)cc1.